The maximum Gasteiger partial charge on any atom is 0.322 e. The molecule has 2 rings (SSSR count). The van der Waals surface area contributed by atoms with E-state index in [1.165, 1.54) is 0 Å². The molecule has 2 heterocycles. The summed E-state index contributed by atoms with van der Waals surface area (Å²) in [5, 5.41) is 3.32. The lowest BCUT2D eigenvalue weighted by atomic mass is 9.95. The standard InChI is InChI=1S/C12H22N2O2/c1-9(2)10(3)14-8-11(15)16-12(14)4-6-13-7-5-12/h9-10,13H,4-8H2,1-3H3/t10-/m1/s1. The fourth-order valence-electron chi connectivity index (χ4n) is 2.67. The van der Waals surface area contributed by atoms with E-state index in [9.17, 15) is 4.79 Å². The number of carbonyl (C=O) groups is 1. The number of piperidine rings is 1. The highest BCUT2D eigenvalue weighted by Gasteiger charge is 2.49. The molecule has 2 saturated heterocycles. The van der Waals surface area contributed by atoms with E-state index < -0.39 is 0 Å². The first-order chi connectivity index (χ1) is 7.55. The van der Waals surface area contributed by atoms with Crippen LogP contribution in [0.15, 0.2) is 0 Å². The molecule has 16 heavy (non-hydrogen) atoms. The van der Waals surface area contributed by atoms with Crippen molar-refractivity contribution in [1.82, 2.24) is 10.2 Å². The average Bonchev–Trinajstić information content (AvgIpc) is 2.55. The molecule has 1 N–H and O–H groups in total. The van der Waals surface area contributed by atoms with E-state index in [1.54, 1.807) is 0 Å². The van der Waals surface area contributed by atoms with E-state index in [1.807, 2.05) is 0 Å². The Hall–Kier alpha value is -0.610. The van der Waals surface area contributed by atoms with Crippen LogP contribution in [0.2, 0.25) is 0 Å². The van der Waals surface area contributed by atoms with Crippen molar-refractivity contribution in [2.45, 2.75) is 45.4 Å². The van der Waals surface area contributed by atoms with Gasteiger partial charge in [0.15, 0.2) is 5.72 Å². The van der Waals surface area contributed by atoms with Crippen molar-refractivity contribution in [3.8, 4) is 0 Å². The van der Waals surface area contributed by atoms with Crippen LogP contribution in [0.4, 0.5) is 0 Å². The van der Waals surface area contributed by atoms with E-state index in [2.05, 4.69) is 31.0 Å². The second-order valence-electron chi connectivity index (χ2n) is 5.28. The molecule has 0 aromatic carbocycles. The Morgan fingerprint density at radius 1 is 1.31 bits per heavy atom. The third-order valence-corrected chi connectivity index (χ3v) is 3.97. The van der Waals surface area contributed by atoms with E-state index in [4.69, 9.17) is 4.74 Å². The number of hydrogen-bond donors (Lipinski definition) is 1. The predicted octanol–water partition coefficient (Wildman–Crippen LogP) is 0.969. The molecular formula is C12H22N2O2. The molecule has 0 aromatic heterocycles. The van der Waals surface area contributed by atoms with Crippen LogP contribution in [0.25, 0.3) is 0 Å². The lowest BCUT2D eigenvalue weighted by Gasteiger charge is -2.43. The zero-order valence-corrected chi connectivity index (χ0v) is 10.5. The van der Waals surface area contributed by atoms with Gasteiger partial charge in [0.05, 0.1) is 0 Å². The fourth-order valence-corrected chi connectivity index (χ4v) is 2.67. The van der Waals surface area contributed by atoms with Gasteiger partial charge in [-0.05, 0) is 12.8 Å². The van der Waals surface area contributed by atoms with Crippen LogP contribution in [0.3, 0.4) is 0 Å². The lowest BCUT2D eigenvalue weighted by Crippen LogP contribution is -2.55. The molecule has 1 atom stereocenters. The number of hydrogen-bond acceptors (Lipinski definition) is 4. The van der Waals surface area contributed by atoms with Crippen molar-refractivity contribution in [2.24, 2.45) is 5.92 Å². The molecule has 92 valence electrons. The monoisotopic (exact) mass is 226 g/mol. The molecule has 0 aliphatic carbocycles. The quantitative estimate of drug-likeness (QED) is 0.712. The highest BCUT2D eigenvalue weighted by Crippen LogP contribution is 2.35. The number of ether oxygens (including phenoxy) is 1. The third kappa shape index (κ3) is 1.96. The number of esters is 1. The molecular weight excluding hydrogens is 204 g/mol. The van der Waals surface area contributed by atoms with Gasteiger partial charge in [0, 0.05) is 32.0 Å². The molecule has 4 heteroatoms. The zero-order chi connectivity index (χ0) is 11.8. The Morgan fingerprint density at radius 2 is 1.94 bits per heavy atom. The first-order valence-electron chi connectivity index (χ1n) is 6.24. The summed E-state index contributed by atoms with van der Waals surface area (Å²) < 4.78 is 5.62. The van der Waals surface area contributed by atoms with Crippen LogP contribution in [-0.4, -0.2) is 42.3 Å². The maximum atomic E-state index is 11.6. The molecule has 0 amide bonds. The smallest absolute Gasteiger partial charge is 0.322 e. The molecule has 2 fully saturated rings. The molecule has 2 aliphatic heterocycles. The van der Waals surface area contributed by atoms with Crippen molar-refractivity contribution >= 4 is 5.97 Å². The van der Waals surface area contributed by atoms with E-state index in [0.29, 0.717) is 18.5 Å². The molecule has 0 unspecified atom stereocenters. The Labute approximate surface area is 97.3 Å². The van der Waals surface area contributed by atoms with Gasteiger partial charge in [-0.3, -0.25) is 9.69 Å². The topological polar surface area (TPSA) is 41.6 Å². The van der Waals surface area contributed by atoms with Gasteiger partial charge in [-0.25, -0.2) is 0 Å². The molecule has 0 aromatic rings. The van der Waals surface area contributed by atoms with Gasteiger partial charge in [0.2, 0.25) is 0 Å². The lowest BCUT2D eigenvalue weighted by molar-refractivity contribution is -0.161. The SMILES string of the molecule is CC(C)[C@@H](C)N1CC(=O)OC12CCNCC2. The second kappa shape index (κ2) is 4.34. The van der Waals surface area contributed by atoms with Crippen molar-refractivity contribution in [1.29, 1.82) is 0 Å². The van der Waals surface area contributed by atoms with Crippen LogP contribution in [0.5, 0.6) is 0 Å². The first-order valence-corrected chi connectivity index (χ1v) is 6.24. The summed E-state index contributed by atoms with van der Waals surface area (Å²) in [5.41, 5.74) is -0.313. The summed E-state index contributed by atoms with van der Waals surface area (Å²) >= 11 is 0. The first kappa shape index (κ1) is 11.9. The Kier molecular flexibility index (Phi) is 3.22. The Morgan fingerprint density at radius 3 is 2.50 bits per heavy atom. The van der Waals surface area contributed by atoms with Gasteiger partial charge < -0.3 is 10.1 Å². The van der Waals surface area contributed by atoms with Gasteiger partial charge in [0.1, 0.15) is 6.54 Å². The summed E-state index contributed by atoms with van der Waals surface area (Å²) in [6.45, 7) is 8.92. The Balaban J connectivity index is 2.17. The third-order valence-electron chi connectivity index (χ3n) is 3.97. The molecule has 4 nitrogen and oxygen atoms in total. The minimum absolute atomic E-state index is 0.0607. The molecule has 0 radical (unpaired) electrons. The van der Waals surface area contributed by atoms with Crippen LogP contribution in [0.1, 0.15) is 33.6 Å². The van der Waals surface area contributed by atoms with Gasteiger partial charge in [0.25, 0.3) is 0 Å². The summed E-state index contributed by atoms with van der Waals surface area (Å²) in [6.07, 6.45) is 1.83. The second-order valence-corrected chi connectivity index (χ2v) is 5.28. The maximum absolute atomic E-state index is 11.6. The number of nitrogens with one attached hydrogen (secondary N) is 1. The van der Waals surface area contributed by atoms with Crippen molar-refractivity contribution in [3.05, 3.63) is 0 Å². The van der Waals surface area contributed by atoms with E-state index >= 15 is 0 Å². The summed E-state index contributed by atoms with van der Waals surface area (Å²) in [5.74, 6) is 0.482. The highest BCUT2D eigenvalue weighted by atomic mass is 16.6. The van der Waals surface area contributed by atoms with Crippen LogP contribution >= 0.6 is 0 Å². The zero-order valence-electron chi connectivity index (χ0n) is 10.5. The van der Waals surface area contributed by atoms with Crippen LogP contribution in [0, 0.1) is 5.92 Å². The van der Waals surface area contributed by atoms with Crippen LogP contribution in [-0.2, 0) is 9.53 Å². The highest BCUT2D eigenvalue weighted by molar-refractivity contribution is 5.74. The summed E-state index contributed by atoms with van der Waals surface area (Å²) in [6, 6.07) is 0.393. The van der Waals surface area contributed by atoms with Crippen molar-refractivity contribution in [2.75, 3.05) is 19.6 Å². The fraction of sp³-hybridized carbons (Fsp3) is 0.917. The van der Waals surface area contributed by atoms with E-state index in [-0.39, 0.29) is 11.7 Å². The molecule has 0 bridgehead atoms. The largest absolute Gasteiger partial charge is 0.443 e. The predicted molar refractivity (Wildman–Crippen MR) is 61.9 cm³/mol. The average molecular weight is 226 g/mol. The van der Waals surface area contributed by atoms with Crippen molar-refractivity contribution in [3.63, 3.8) is 0 Å². The van der Waals surface area contributed by atoms with E-state index in [0.717, 1.165) is 25.9 Å². The Bertz CT molecular complexity index is 272. The molecule has 1 spiro atoms. The minimum atomic E-state index is -0.313. The minimum Gasteiger partial charge on any atom is -0.443 e. The summed E-state index contributed by atoms with van der Waals surface area (Å²) in [4.78, 5) is 13.8. The van der Waals surface area contributed by atoms with Gasteiger partial charge in [-0.1, -0.05) is 13.8 Å². The number of nitrogens with zero attached hydrogens (tertiary/aromatic N) is 1. The van der Waals surface area contributed by atoms with Gasteiger partial charge in [-0.2, -0.15) is 0 Å². The summed E-state index contributed by atoms with van der Waals surface area (Å²) in [7, 11) is 0. The molecule has 0 saturated carbocycles. The molecule has 2 aliphatic rings. The number of carbonyl (C=O) groups excluding carboxylic acids is 1. The van der Waals surface area contributed by atoms with Crippen LogP contribution < -0.4 is 5.32 Å². The van der Waals surface area contributed by atoms with Gasteiger partial charge >= 0.3 is 5.97 Å². The van der Waals surface area contributed by atoms with Gasteiger partial charge in [-0.15, -0.1) is 0 Å². The normalized spacial score (nSPS) is 27.4. The number of rotatable bonds is 2. The van der Waals surface area contributed by atoms with Crippen molar-refractivity contribution < 1.29 is 9.53 Å².